The van der Waals surface area contributed by atoms with Crippen molar-refractivity contribution in [1.82, 2.24) is 19.9 Å². The summed E-state index contributed by atoms with van der Waals surface area (Å²) >= 11 is 5.96. The predicted octanol–water partition coefficient (Wildman–Crippen LogP) is 3.47. The minimum Gasteiger partial charge on any atom is -0.355 e. The van der Waals surface area contributed by atoms with Gasteiger partial charge in [-0.1, -0.05) is 23.7 Å². The number of hydrogen-bond donors (Lipinski definition) is 0. The Kier molecular flexibility index (Phi) is 4.36. The van der Waals surface area contributed by atoms with Crippen molar-refractivity contribution in [3.8, 4) is 11.3 Å². The first-order valence-corrected chi connectivity index (χ1v) is 9.91. The largest absolute Gasteiger partial charge is 0.355 e. The van der Waals surface area contributed by atoms with Gasteiger partial charge in [0.05, 0.1) is 18.1 Å². The second-order valence-corrected chi connectivity index (χ2v) is 8.03. The van der Waals surface area contributed by atoms with Crippen LogP contribution in [0.25, 0.3) is 11.3 Å². The average molecular weight is 393 g/mol. The molecule has 7 heteroatoms. The zero-order valence-electron chi connectivity index (χ0n) is 15.7. The van der Waals surface area contributed by atoms with Crippen LogP contribution in [0.5, 0.6) is 0 Å². The van der Waals surface area contributed by atoms with Crippen molar-refractivity contribution in [3.63, 3.8) is 0 Å². The van der Waals surface area contributed by atoms with E-state index in [0.29, 0.717) is 11.8 Å². The number of nitrogens with zero attached hydrogens (tertiary/aromatic N) is 6. The molecule has 4 heterocycles. The molecule has 2 aliphatic heterocycles. The maximum atomic E-state index is 5.96. The van der Waals surface area contributed by atoms with E-state index in [-0.39, 0.29) is 0 Å². The van der Waals surface area contributed by atoms with Crippen LogP contribution in [0.2, 0.25) is 5.02 Å². The first kappa shape index (κ1) is 17.4. The van der Waals surface area contributed by atoms with Crippen LogP contribution in [-0.4, -0.2) is 46.1 Å². The van der Waals surface area contributed by atoms with Gasteiger partial charge in [-0.2, -0.15) is 0 Å². The SMILES string of the molecule is Cc1ccnc(N2CC3CN(c4cnc(-c5ccc(Cl)cc5)cn4)CC3C2)n1. The molecule has 0 amide bonds. The van der Waals surface area contributed by atoms with Gasteiger partial charge in [-0.15, -0.1) is 0 Å². The number of anilines is 2. The summed E-state index contributed by atoms with van der Waals surface area (Å²) in [7, 11) is 0. The van der Waals surface area contributed by atoms with Crippen LogP contribution in [0.1, 0.15) is 5.69 Å². The van der Waals surface area contributed by atoms with E-state index in [1.807, 2.05) is 55.8 Å². The summed E-state index contributed by atoms with van der Waals surface area (Å²) in [6, 6.07) is 9.62. The third-order valence-electron chi connectivity index (χ3n) is 5.65. The van der Waals surface area contributed by atoms with Crippen molar-refractivity contribution in [2.75, 3.05) is 36.0 Å². The molecular weight excluding hydrogens is 372 g/mol. The number of aryl methyl sites for hydroxylation is 1. The minimum absolute atomic E-state index is 0.613. The fourth-order valence-corrected chi connectivity index (χ4v) is 4.31. The summed E-state index contributed by atoms with van der Waals surface area (Å²) in [6.07, 6.45) is 5.57. The molecule has 0 aliphatic carbocycles. The van der Waals surface area contributed by atoms with Gasteiger partial charge >= 0.3 is 0 Å². The molecule has 0 N–H and O–H groups in total. The highest BCUT2D eigenvalue weighted by molar-refractivity contribution is 6.30. The Labute approximate surface area is 169 Å². The first-order chi connectivity index (χ1) is 13.7. The van der Waals surface area contributed by atoms with Gasteiger partial charge in [-0.05, 0) is 25.1 Å². The van der Waals surface area contributed by atoms with E-state index >= 15 is 0 Å². The third-order valence-corrected chi connectivity index (χ3v) is 5.91. The van der Waals surface area contributed by atoms with Crippen LogP contribution in [0.4, 0.5) is 11.8 Å². The molecule has 2 atom stereocenters. The highest BCUT2D eigenvalue weighted by Gasteiger charge is 2.41. The summed E-state index contributed by atoms with van der Waals surface area (Å²) < 4.78 is 0. The van der Waals surface area contributed by atoms with Crippen molar-refractivity contribution in [3.05, 3.63) is 59.6 Å². The van der Waals surface area contributed by atoms with Crippen molar-refractivity contribution in [1.29, 1.82) is 0 Å². The maximum absolute atomic E-state index is 5.96. The Morgan fingerprint density at radius 1 is 0.857 bits per heavy atom. The van der Waals surface area contributed by atoms with Gasteiger partial charge in [0, 0.05) is 60.5 Å². The van der Waals surface area contributed by atoms with E-state index in [1.165, 1.54) is 0 Å². The first-order valence-electron chi connectivity index (χ1n) is 9.53. The molecular formula is C21H21ClN6. The summed E-state index contributed by atoms with van der Waals surface area (Å²) in [5.41, 5.74) is 2.90. The maximum Gasteiger partial charge on any atom is 0.225 e. The number of halogens is 1. The van der Waals surface area contributed by atoms with E-state index in [4.69, 9.17) is 11.6 Å². The molecule has 28 heavy (non-hydrogen) atoms. The van der Waals surface area contributed by atoms with Gasteiger partial charge < -0.3 is 9.80 Å². The lowest BCUT2D eigenvalue weighted by Crippen LogP contribution is -2.30. The van der Waals surface area contributed by atoms with E-state index in [0.717, 1.165) is 59.9 Å². The molecule has 2 aromatic heterocycles. The molecule has 0 saturated carbocycles. The quantitative estimate of drug-likeness (QED) is 0.680. The standard InChI is InChI=1S/C21H21ClN6/c1-14-6-7-23-21(26-14)28-12-16-10-27(11-17(16)13-28)20-9-24-19(8-25-20)15-2-4-18(22)5-3-15/h2-9,16-17H,10-13H2,1H3. The van der Waals surface area contributed by atoms with Gasteiger partial charge in [0.1, 0.15) is 5.82 Å². The lowest BCUT2D eigenvalue weighted by Gasteiger charge is -2.22. The summed E-state index contributed by atoms with van der Waals surface area (Å²) in [4.78, 5) is 23.0. The van der Waals surface area contributed by atoms with Crippen LogP contribution in [-0.2, 0) is 0 Å². The van der Waals surface area contributed by atoms with Crippen molar-refractivity contribution in [2.45, 2.75) is 6.92 Å². The van der Waals surface area contributed by atoms with Crippen LogP contribution in [0.15, 0.2) is 48.9 Å². The summed E-state index contributed by atoms with van der Waals surface area (Å²) in [5, 5.41) is 0.724. The van der Waals surface area contributed by atoms with Crippen LogP contribution in [0.3, 0.4) is 0 Å². The molecule has 6 nitrogen and oxygen atoms in total. The molecule has 2 unspecified atom stereocenters. The Hall–Kier alpha value is -2.73. The zero-order chi connectivity index (χ0) is 19.1. The lowest BCUT2D eigenvalue weighted by molar-refractivity contribution is 0.533. The molecule has 0 radical (unpaired) electrons. The number of benzene rings is 1. The fourth-order valence-electron chi connectivity index (χ4n) is 4.19. The van der Waals surface area contributed by atoms with Gasteiger partial charge in [-0.3, -0.25) is 4.98 Å². The summed E-state index contributed by atoms with van der Waals surface area (Å²) in [6.45, 7) is 6.02. The highest BCUT2D eigenvalue weighted by Crippen LogP contribution is 2.34. The fraction of sp³-hybridized carbons (Fsp3) is 0.333. The Morgan fingerprint density at radius 3 is 2.21 bits per heavy atom. The third kappa shape index (κ3) is 3.29. The van der Waals surface area contributed by atoms with E-state index in [2.05, 4.69) is 29.7 Å². The van der Waals surface area contributed by atoms with Crippen molar-refractivity contribution in [2.24, 2.45) is 11.8 Å². The van der Waals surface area contributed by atoms with Gasteiger partial charge in [0.2, 0.25) is 5.95 Å². The minimum atomic E-state index is 0.613. The van der Waals surface area contributed by atoms with Crippen LogP contribution in [0, 0.1) is 18.8 Å². The number of aromatic nitrogens is 4. The summed E-state index contributed by atoms with van der Waals surface area (Å²) in [5.74, 6) is 3.03. The molecule has 2 fully saturated rings. The Bertz CT molecular complexity index is 961. The Balaban J connectivity index is 1.26. The van der Waals surface area contributed by atoms with Crippen molar-refractivity contribution >= 4 is 23.4 Å². The van der Waals surface area contributed by atoms with Crippen LogP contribution < -0.4 is 9.80 Å². The van der Waals surface area contributed by atoms with Gasteiger partial charge in [-0.25, -0.2) is 15.0 Å². The molecule has 3 aromatic rings. The lowest BCUT2D eigenvalue weighted by atomic mass is 10.0. The van der Waals surface area contributed by atoms with Crippen LogP contribution >= 0.6 is 11.6 Å². The molecule has 0 bridgehead atoms. The molecule has 142 valence electrons. The van der Waals surface area contributed by atoms with E-state index < -0.39 is 0 Å². The molecule has 5 rings (SSSR count). The monoisotopic (exact) mass is 392 g/mol. The number of fused-ring (bicyclic) bond motifs is 1. The number of hydrogen-bond acceptors (Lipinski definition) is 6. The molecule has 0 spiro atoms. The van der Waals surface area contributed by atoms with Gasteiger partial charge in [0.15, 0.2) is 0 Å². The van der Waals surface area contributed by atoms with E-state index in [9.17, 15) is 0 Å². The molecule has 2 aliphatic rings. The second-order valence-electron chi connectivity index (χ2n) is 7.59. The second kappa shape index (κ2) is 7.02. The van der Waals surface area contributed by atoms with Gasteiger partial charge in [0.25, 0.3) is 0 Å². The normalized spacial score (nSPS) is 21.2. The topological polar surface area (TPSA) is 58.0 Å². The zero-order valence-corrected chi connectivity index (χ0v) is 16.4. The molecule has 2 saturated heterocycles. The van der Waals surface area contributed by atoms with Crippen molar-refractivity contribution < 1.29 is 0 Å². The van der Waals surface area contributed by atoms with E-state index in [1.54, 1.807) is 0 Å². The predicted molar refractivity (Wildman–Crippen MR) is 111 cm³/mol. The highest BCUT2D eigenvalue weighted by atomic mass is 35.5. The average Bonchev–Trinajstić information content (AvgIpc) is 3.28. The Morgan fingerprint density at radius 2 is 1.57 bits per heavy atom. The number of rotatable bonds is 3. The molecule has 1 aromatic carbocycles. The smallest absolute Gasteiger partial charge is 0.225 e.